The molecule has 3 rings (SSSR count). The van der Waals surface area contributed by atoms with E-state index in [9.17, 15) is 0 Å². The first-order valence-corrected chi connectivity index (χ1v) is 6.93. The molecule has 18 heavy (non-hydrogen) atoms. The van der Waals surface area contributed by atoms with Gasteiger partial charge in [0.25, 0.3) is 0 Å². The Bertz CT molecular complexity index is 551. The number of rotatable bonds is 3. The molecule has 1 aromatic heterocycles. The van der Waals surface area contributed by atoms with Gasteiger partial charge in [0, 0.05) is 18.3 Å². The van der Waals surface area contributed by atoms with Gasteiger partial charge in [0.2, 0.25) is 0 Å². The summed E-state index contributed by atoms with van der Waals surface area (Å²) in [5, 5.41) is 13.0. The lowest BCUT2D eigenvalue weighted by Crippen LogP contribution is -2.23. The Morgan fingerprint density at radius 3 is 2.94 bits per heavy atom. The maximum atomic E-state index is 4.16. The Kier molecular flexibility index (Phi) is 3.09. The van der Waals surface area contributed by atoms with Crippen molar-refractivity contribution in [2.75, 3.05) is 7.05 Å². The van der Waals surface area contributed by atoms with Gasteiger partial charge < -0.3 is 9.88 Å². The molecule has 0 fully saturated rings. The number of benzene rings is 1. The third-order valence-corrected chi connectivity index (χ3v) is 4.74. The van der Waals surface area contributed by atoms with E-state index in [-0.39, 0.29) is 0 Å². The number of hydrogen-bond donors (Lipinski definition) is 1. The van der Waals surface area contributed by atoms with Crippen LogP contribution in [0.25, 0.3) is 0 Å². The van der Waals surface area contributed by atoms with E-state index < -0.39 is 0 Å². The van der Waals surface area contributed by atoms with Crippen molar-refractivity contribution < 1.29 is 0 Å². The molecule has 0 saturated heterocycles. The van der Waals surface area contributed by atoms with Crippen molar-refractivity contribution in [1.29, 1.82) is 0 Å². The van der Waals surface area contributed by atoms with Crippen LogP contribution in [0.1, 0.15) is 17.2 Å². The highest BCUT2D eigenvalue weighted by Gasteiger charge is 2.32. The number of fused-ring (bicyclic) bond motifs is 1. The van der Waals surface area contributed by atoms with Gasteiger partial charge >= 0.3 is 0 Å². The highest BCUT2D eigenvalue weighted by atomic mass is 32.2. The van der Waals surface area contributed by atoms with Gasteiger partial charge in [-0.15, -0.1) is 10.2 Å². The number of nitrogens with one attached hydrogen (secondary N) is 1. The van der Waals surface area contributed by atoms with Gasteiger partial charge in [-0.25, -0.2) is 0 Å². The summed E-state index contributed by atoms with van der Waals surface area (Å²) in [6.07, 6.45) is 2.83. The van der Waals surface area contributed by atoms with Gasteiger partial charge in [0.05, 0.1) is 0 Å². The number of aromatic nitrogens is 3. The van der Waals surface area contributed by atoms with Crippen molar-refractivity contribution in [2.24, 2.45) is 7.05 Å². The summed E-state index contributed by atoms with van der Waals surface area (Å²) in [5.41, 5.74) is 2.86. The number of aryl methyl sites for hydroxylation is 1. The maximum Gasteiger partial charge on any atom is 0.191 e. The van der Waals surface area contributed by atoms with Crippen molar-refractivity contribution in [3.8, 4) is 0 Å². The van der Waals surface area contributed by atoms with Crippen LogP contribution in [0.15, 0.2) is 35.7 Å². The fourth-order valence-electron chi connectivity index (χ4n) is 2.52. The summed E-state index contributed by atoms with van der Waals surface area (Å²) in [4.78, 5) is 0. The number of nitrogens with zero attached hydrogens (tertiary/aromatic N) is 3. The van der Waals surface area contributed by atoms with Crippen LogP contribution in [0, 0.1) is 0 Å². The van der Waals surface area contributed by atoms with E-state index >= 15 is 0 Å². The first kappa shape index (κ1) is 11.7. The van der Waals surface area contributed by atoms with Crippen molar-refractivity contribution in [1.82, 2.24) is 20.1 Å². The molecule has 94 valence electrons. The zero-order valence-electron chi connectivity index (χ0n) is 10.5. The molecule has 2 unspecified atom stereocenters. The fourth-order valence-corrected chi connectivity index (χ4v) is 3.78. The van der Waals surface area contributed by atoms with Crippen molar-refractivity contribution >= 4 is 11.8 Å². The average Bonchev–Trinajstić information content (AvgIpc) is 2.93. The predicted octanol–water partition coefficient (Wildman–Crippen LogP) is 1.79. The molecule has 4 nitrogen and oxygen atoms in total. The molecular weight excluding hydrogens is 244 g/mol. The standard InChI is InChI=1S/C13H16N4S/c1-14-12-10-6-4-3-5-9(10)7-11(12)18-13-16-15-8-17(13)2/h3-6,8,11-12,14H,7H2,1-2H3. The van der Waals surface area contributed by atoms with E-state index in [0.29, 0.717) is 11.3 Å². The lowest BCUT2D eigenvalue weighted by Gasteiger charge is -2.18. The Morgan fingerprint density at radius 1 is 1.39 bits per heavy atom. The molecule has 2 atom stereocenters. The molecule has 1 heterocycles. The van der Waals surface area contributed by atoms with Crippen LogP contribution < -0.4 is 5.32 Å². The molecule has 0 saturated carbocycles. The van der Waals surface area contributed by atoms with Crippen LogP contribution in [0.5, 0.6) is 0 Å². The normalized spacial score (nSPS) is 22.1. The second-order valence-corrected chi connectivity index (χ2v) is 5.76. The summed E-state index contributed by atoms with van der Waals surface area (Å²) in [5.74, 6) is 0. The van der Waals surface area contributed by atoms with Crippen molar-refractivity contribution in [3.63, 3.8) is 0 Å². The lowest BCUT2D eigenvalue weighted by atomic mass is 10.1. The minimum Gasteiger partial charge on any atom is -0.312 e. The Balaban J connectivity index is 1.85. The van der Waals surface area contributed by atoms with Gasteiger partial charge in [0.15, 0.2) is 5.16 Å². The molecule has 1 aromatic carbocycles. The van der Waals surface area contributed by atoms with E-state index in [1.54, 1.807) is 18.1 Å². The zero-order chi connectivity index (χ0) is 12.5. The van der Waals surface area contributed by atoms with Crippen LogP contribution in [0.3, 0.4) is 0 Å². The van der Waals surface area contributed by atoms with Crippen molar-refractivity contribution in [3.05, 3.63) is 41.7 Å². The first-order valence-electron chi connectivity index (χ1n) is 6.05. The molecule has 1 aliphatic carbocycles. The average molecular weight is 260 g/mol. The Labute approximate surface area is 111 Å². The summed E-state index contributed by atoms with van der Waals surface area (Å²) in [6, 6.07) is 9.05. The Morgan fingerprint density at radius 2 is 2.22 bits per heavy atom. The largest absolute Gasteiger partial charge is 0.312 e. The van der Waals surface area contributed by atoms with Crippen LogP contribution in [0.4, 0.5) is 0 Å². The molecule has 0 amide bonds. The quantitative estimate of drug-likeness (QED) is 0.913. The highest BCUT2D eigenvalue weighted by molar-refractivity contribution is 7.99. The van der Waals surface area contributed by atoms with Gasteiger partial charge in [-0.3, -0.25) is 0 Å². The molecule has 2 aromatic rings. The molecule has 0 radical (unpaired) electrons. The number of hydrogen-bond acceptors (Lipinski definition) is 4. The topological polar surface area (TPSA) is 42.7 Å². The van der Waals surface area contributed by atoms with E-state index in [4.69, 9.17) is 0 Å². The van der Waals surface area contributed by atoms with Crippen LogP contribution in [0.2, 0.25) is 0 Å². The third-order valence-electron chi connectivity index (χ3n) is 3.42. The summed E-state index contributed by atoms with van der Waals surface area (Å²) in [7, 11) is 4.01. The van der Waals surface area contributed by atoms with Crippen LogP contribution in [-0.2, 0) is 13.5 Å². The van der Waals surface area contributed by atoms with E-state index in [0.717, 1.165) is 11.6 Å². The molecule has 5 heteroatoms. The van der Waals surface area contributed by atoms with Crippen LogP contribution >= 0.6 is 11.8 Å². The van der Waals surface area contributed by atoms with Gasteiger partial charge in [0.1, 0.15) is 6.33 Å². The van der Waals surface area contributed by atoms with E-state index in [1.165, 1.54) is 11.1 Å². The number of thioether (sulfide) groups is 1. The molecule has 1 N–H and O–H groups in total. The second kappa shape index (κ2) is 4.74. The minimum atomic E-state index is 0.392. The first-order chi connectivity index (χ1) is 8.79. The molecule has 1 aliphatic rings. The van der Waals surface area contributed by atoms with Crippen LogP contribution in [-0.4, -0.2) is 27.1 Å². The molecule has 0 bridgehead atoms. The lowest BCUT2D eigenvalue weighted by molar-refractivity contribution is 0.600. The highest BCUT2D eigenvalue weighted by Crippen LogP contribution is 2.40. The zero-order valence-corrected chi connectivity index (χ0v) is 11.3. The smallest absolute Gasteiger partial charge is 0.191 e. The molecule has 0 spiro atoms. The van der Waals surface area contributed by atoms with Gasteiger partial charge in [-0.1, -0.05) is 36.0 Å². The summed E-state index contributed by atoms with van der Waals surface area (Å²) in [6.45, 7) is 0. The SMILES string of the molecule is CNC1c2ccccc2CC1Sc1nncn1C. The molecular formula is C13H16N4S. The second-order valence-electron chi connectivity index (χ2n) is 4.55. The Hall–Kier alpha value is -1.33. The van der Waals surface area contributed by atoms with Crippen molar-refractivity contribution in [2.45, 2.75) is 22.9 Å². The predicted molar refractivity (Wildman–Crippen MR) is 72.6 cm³/mol. The molecule has 0 aliphatic heterocycles. The third kappa shape index (κ3) is 1.93. The fraction of sp³-hybridized carbons (Fsp3) is 0.385. The minimum absolute atomic E-state index is 0.392. The van der Waals surface area contributed by atoms with E-state index in [1.807, 2.05) is 18.7 Å². The van der Waals surface area contributed by atoms with Gasteiger partial charge in [-0.05, 0) is 24.6 Å². The summed E-state index contributed by atoms with van der Waals surface area (Å²) >= 11 is 1.80. The monoisotopic (exact) mass is 260 g/mol. The maximum absolute atomic E-state index is 4.16. The van der Waals surface area contributed by atoms with E-state index in [2.05, 4.69) is 39.8 Å². The van der Waals surface area contributed by atoms with Gasteiger partial charge in [-0.2, -0.15) is 0 Å². The summed E-state index contributed by atoms with van der Waals surface area (Å²) < 4.78 is 1.97.